The summed E-state index contributed by atoms with van der Waals surface area (Å²) in [7, 11) is 0. The Hall–Kier alpha value is -2.82. The standard InChI is InChI=1S/C23H23NO3/c25-16-22(26)23(17-7-3-1-4-8-17)24-14-13-18-15-20(11-12-21(18)24)27-19-9-5-2-6-10-19/h1-12,15,22-23,25-26H,13-14,16H2/t22-,23+/m1/s1. The molecule has 0 unspecified atom stereocenters. The topological polar surface area (TPSA) is 52.9 Å². The third kappa shape index (κ3) is 3.68. The molecule has 4 nitrogen and oxygen atoms in total. The zero-order chi connectivity index (χ0) is 18.6. The van der Waals surface area contributed by atoms with E-state index in [2.05, 4.69) is 11.0 Å². The van der Waals surface area contributed by atoms with Gasteiger partial charge < -0.3 is 19.8 Å². The number of fused-ring (bicyclic) bond motifs is 1. The molecule has 2 N–H and O–H groups in total. The van der Waals surface area contributed by atoms with E-state index in [0.717, 1.165) is 35.7 Å². The number of anilines is 1. The molecular weight excluding hydrogens is 338 g/mol. The van der Waals surface area contributed by atoms with E-state index in [-0.39, 0.29) is 12.6 Å². The van der Waals surface area contributed by atoms with Crippen LogP contribution in [-0.4, -0.2) is 29.5 Å². The highest BCUT2D eigenvalue weighted by Crippen LogP contribution is 2.39. The van der Waals surface area contributed by atoms with Gasteiger partial charge in [0.15, 0.2) is 0 Å². The molecule has 27 heavy (non-hydrogen) atoms. The fraction of sp³-hybridized carbons (Fsp3) is 0.217. The highest BCUT2D eigenvalue weighted by molar-refractivity contribution is 5.62. The Morgan fingerprint density at radius 2 is 1.59 bits per heavy atom. The smallest absolute Gasteiger partial charge is 0.127 e. The summed E-state index contributed by atoms with van der Waals surface area (Å²) in [5, 5.41) is 20.1. The molecule has 0 fully saturated rings. The summed E-state index contributed by atoms with van der Waals surface area (Å²) in [5.74, 6) is 1.62. The first-order chi connectivity index (χ1) is 13.3. The predicted molar refractivity (Wildman–Crippen MR) is 106 cm³/mol. The Labute approximate surface area is 159 Å². The lowest BCUT2D eigenvalue weighted by Crippen LogP contribution is -2.37. The summed E-state index contributed by atoms with van der Waals surface area (Å²) >= 11 is 0. The predicted octanol–water partition coefficient (Wildman–Crippen LogP) is 3.94. The van der Waals surface area contributed by atoms with Crippen LogP contribution in [0.5, 0.6) is 11.5 Å². The molecular formula is C23H23NO3. The van der Waals surface area contributed by atoms with Gasteiger partial charge in [0.2, 0.25) is 0 Å². The molecule has 1 aliphatic heterocycles. The number of hydrogen-bond donors (Lipinski definition) is 2. The fourth-order valence-corrected chi connectivity index (χ4v) is 3.74. The van der Waals surface area contributed by atoms with Crippen LogP contribution in [0.1, 0.15) is 17.2 Å². The van der Waals surface area contributed by atoms with E-state index in [1.165, 1.54) is 5.56 Å². The van der Waals surface area contributed by atoms with E-state index in [0.29, 0.717) is 0 Å². The van der Waals surface area contributed by atoms with E-state index in [9.17, 15) is 10.2 Å². The molecule has 0 saturated carbocycles. The molecule has 3 aromatic carbocycles. The van der Waals surface area contributed by atoms with E-state index in [4.69, 9.17) is 4.74 Å². The normalized spacial score (nSPS) is 15.3. The maximum atomic E-state index is 10.5. The van der Waals surface area contributed by atoms with Gasteiger partial charge in [-0.3, -0.25) is 0 Å². The molecule has 4 heteroatoms. The minimum Gasteiger partial charge on any atom is -0.457 e. The molecule has 0 saturated heterocycles. The molecule has 1 aliphatic rings. The number of aliphatic hydroxyl groups excluding tert-OH is 2. The maximum absolute atomic E-state index is 10.5. The SMILES string of the molecule is OC[C@@H](O)[C@H](c1ccccc1)N1CCc2cc(Oc3ccccc3)ccc21. The van der Waals surface area contributed by atoms with Crippen LogP contribution in [0.2, 0.25) is 0 Å². The zero-order valence-electron chi connectivity index (χ0n) is 15.0. The van der Waals surface area contributed by atoms with Crippen LogP contribution in [0.4, 0.5) is 5.69 Å². The van der Waals surface area contributed by atoms with E-state index >= 15 is 0 Å². The van der Waals surface area contributed by atoms with Crippen molar-refractivity contribution in [3.63, 3.8) is 0 Å². The monoisotopic (exact) mass is 361 g/mol. The third-order valence-corrected chi connectivity index (χ3v) is 4.99. The summed E-state index contributed by atoms with van der Waals surface area (Å²) in [5.41, 5.74) is 3.27. The Kier molecular flexibility index (Phi) is 5.10. The third-order valence-electron chi connectivity index (χ3n) is 4.99. The number of hydrogen-bond acceptors (Lipinski definition) is 4. The minimum atomic E-state index is -0.849. The lowest BCUT2D eigenvalue weighted by atomic mass is 9.99. The van der Waals surface area contributed by atoms with Gasteiger partial charge in [0.1, 0.15) is 17.6 Å². The highest BCUT2D eigenvalue weighted by atomic mass is 16.5. The van der Waals surface area contributed by atoms with Crippen LogP contribution in [-0.2, 0) is 6.42 Å². The van der Waals surface area contributed by atoms with Crippen molar-refractivity contribution in [2.45, 2.75) is 18.6 Å². The van der Waals surface area contributed by atoms with Crippen LogP contribution < -0.4 is 9.64 Å². The largest absolute Gasteiger partial charge is 0.457 e. The molecule has 3 aromatic rings. The van der Waals surface area contributed by atoms with Crippen LogP contribution in [0.15, 0.2) is 78.9 Å². The minimum absolute atomic E-state index is 0.277. The average Bonchev–Trinajstić information content (AvgIpc) is 3.12. The second kappa shape index (κ2) is 7.82. The number of rotatable bonds is 6. The second-order valence-corrected chi connectivity index (χ2v) is 6.75. The first-order valence-electron chi connectivity index (χ1n) is 9.22. The number of aliphatic hydroxyl groups is 2. The maximum Gasteiger partial charge on any atom is 0.127 e. The quantitative estimate of drug-likeness (QED) is 0.698. The van der Waals surface area contributed by atoms with Gasteiger partial charge in [0, 0.05) is 12.2 Å². The number of benzene rings is 3. The first kappa shape index (κ1) is 17.6. The van der Waals surface area contributed by atoms with Gasteiger partial charge in [-0.2, -0.15) is 0 Å². The van der Waals surface area contributed by atoms with Crippen molar-refractivity contribution >= 4 is 5.69 Å². The van der Waals surface area contributed by atoms with Crippen molar-refractivity contribution in [2.24, 2.45) is 0 Å². The lowest BCUT2D eigenvalue weighted by molar-refractivity contribution is 0.0717. The molecule has 2 atom stereocenters. The lowest BCUT2D eigenvalue weighted by Gasteiger charge is -2.33. The Bertz CT molecular complexity index is 883. The van der Waals surface area contributed by atoms with Crippen molar-refractivity contribution in [3.8, 4) is 11.5 Å². The number of para-hydroxylation sites is 1. The molecule has 138 valence electrons. The van der Waals surface area contributed by atoms with Gasteiger partial charge >= 0.3 is 0 Å². The molecule has 0 bridgehead atoms. The number of ether oxygens (including phenoxy) is 1. The molecule has 0 amide bonds. The Balaban J connectivity index is 1.62. The molecule has 0 aliphatic carbocycles. The van der Waals surface area contributed by atoms with E-state index in [1.807, 2.05) is 72.8 Å². The van der Waals surface area contributed by atoms with Gasteiger partial charge in [-0.15, -0.1) is 0 Å². The molecule has 0 aromatic heterocycles. The summed E-state index contributed by atoms with van der Waals surface area (Å²) in [6, 6.07) is 25.4. The van der Waals surface area contributed by atoms with Crippen LogP contribution >= 0.6 is 0 Å². The van der Waals surface area contributed by atoms with Gasteiger partial charge in [0.05, 0.1) is 12.6 Å². The molecule has 1 heterocycles. The highest BCUT2D eigenvalue weighted by Gasteiger charge is 2.32. The van der Waals surface area contributed by atoms with Crippen LogP contribution in [0, 0.1) is 0 Å². The van der Waals surface area contributed by atoms with Crippen molar-refractivity contribution in [1.29, 1.82) is 0 Å². The summed E-state index contributed by atoms with van der Waals surface area (Å²) in [4.78, 5) is 2.18. The summed E-state index contributed by atoms with van der Waals surface area (Å²) < 4.78 is 5.94. The molecule has 0 radical (unpaired) electrons. The van der Waals surface area contributed by atoms with Crippen molar-refractivity contribution in [1.82, 2.24) is 0 Å². The Morgan fingerprint density at radius 3 is 2.30 bits per heavy atom. The Morgan fingerprint density at radius 1 is 0.889 bits per heavy atom. The van der Waals surface area contributed by atoms with E-state index < -0.39 is 6.10 Å². The molecule has 0 spiro atoms. The van der Waals surface area contributed by atoms with Crippen molar-refractivity contribution < 1.29 is 14.9 Å². The van der Waals surface area contributed by atoms with Crippen LogP contribution in [0.3, 0.4) is 0 Å². The summed E-state index contributed by atoms with van der Waals surface area (Å²) in [6.07, 6.45) is 0.0293. The summed E-state index contributed by atoms with van der Waals surface area (Å²) in [6.45, 7) is 0.515. The first-order valence-corrected chi connectivity index (χ1v) is 9.22. The van der Waals surface area contributed by atoms with Gasteiger partial charge in [-0.1, -0.05) is 48.5 Å². The average molecular weight is 361 g/mol. The van der Waals surface area contributed by atoms with Gasteiger partial charge in [-0.25, -0.2) is 0 Å². The van der Waals surface area contributed by atoms with Crippen LogP contribution in [0.25, 0.3) is 0 Å². The molecule has 4 rings (SSSR count). The number of nitrogens with zero attached hydrogens (tertiary/aromatic N) is 1. The second-order valence-electron chi connectivity index (χ2n) is 6.75. The zero-order valence-corrected chi connectivity index (χ0v) is 15.0. The van der Waals surface area contributed by atoms with Gasteiger partial charge in [-0.05, 0) is 47.9 Å². The fourth-order valence-electron chi connectivity index (χ4n) is 3.74. The van der Waals surface area contributed by atoms with Gasteiger partial charge in [0.25, 0.3) is 0 Å². The van der Waals surface area contributed by atoms with Crippen molar-refractivity contribution in [3.05, 3.63) is 90.0 Å². The van der Waals surface area contributed by atoms with E-state index in [1.54, 1.807) is 0 Å². The van der Waals surface area contributed by atoms with Crippen molar-refractivity contribution in [2.75, 3.05) is 18.1 Å².